The molecule has 4 aromatic rings. The van der Waals surface area contributed by atoms with Gasteiger partial charge in [0, 0.05) is 11.5 Å². The highest BCUT2D eigenvalue weighted by atomic mass is 79.9. The summed E-state index contributed by atoms with van der Waals surface area (Å²) in [6, 6.07) is 15.7. The maximum Gasteiger partial charge on any atom is 0.329 e. The number of aromatic amines is 1. The van der Waals surface area contributed by atoms with E-state index in [9.17, 15) is 9.59 Å². The molecule has 2 heterocycles. The summed E-state index contributed by atoms with van der Waals surface area (Å²) in [4.78, 5) is 31.4. The van der Waals surface area contributed by atoms with Crippen molar-refractivity contribution in [2.24, 2.45) is 12.1 Å². The Kier molecular flexibility index (Phi) is 5.37. The van der Waals surface area contributed by atoms with Crippen LogP contribution in [0, 0.1) is 6.92 Å². The Morgan fingerprint density at radius 1 is 1.13 bits per heavy atom. The predicted octanol–water partition coefficient (Wildman–Crippen LogP) is 2.99. The van der Waals surface area contributed by atoms with Crippen molar-refractivity contribution in [3.8, 4) is 0 Å². The van der Waals surface area contributed by atoms with E-state index in [1.165, 1.54) is 4.57 Å². The highest BCUT2D eigenvalue weighted by molar-refractivity contribution is 9.10. The molecule has 0 aliphatic heterocycles. The summed E-state index contributed by atoms with van der Waals surface area (Å²) in [5.41, 5.74) is 5.54. The Hall–Kier alpha value is -3.46. The number of imidazole rings is 1. The lowest BCUT2D eigenvalue weighted by Gasteiger charge is -2.08. The average molecular weight is 467 g/mol. The third kappa shape index (κ3) is 3.97. The fraction of sp³-hybridized carbons (Fsp3) is 0.143. The number of nitrogens with one attached hydrogen (secondary N) is 2. The molecule has 0 atom stereocenters. The molecule has 4 rings (SSSR count). The number of hydrazone groups is 1. The van der Waals surface area contributed by atoms with E-state index in [-0.39, 0.29) is 5.65 Å². The number of aryl methyl sites for hydroxylation is 2. The summed E-state index contributed by atoms with van der Waals surface area (Å²) in [6.07, 6.45) is 1.66. The van der Waals surface area contributed by atoms with Gasteiger partial charge in [0.2, 0.25) is 5.95 Å². The van der Waals surface area contributed by atoms with Crippen molar-refractivity contribution in [1.29, 1.82) is 0 Å². The molecule has 2 aromatic carbocycles. The number of hydrogen-bond acceptors (Lipinski definition) is 5. The maximum absolute atomic E-state index is 12.6. The second-order valence-corrected chi connectivity index (χ2v) is 7.83. The van der Waals surface area contributed by atoms with Crippen molar-refractivity contribution in [1.82, 2.24) is 19.1 Å². The van der Waals surface area contributed by atoms with Gasteiger partial charge in [-0.1, -0.05) is 57.9 Å². The van der Waals surface area contributed by atoms with Crippen LogP contribution in [0.1, 0.15) is 16.7 Å². The molecule has 2 aromatic heterocycles. The predicted molar refractivity (Wildman–Crippen MR) is 121 cm³/mol. The molecule has 8 nitrogen and oxygen atoms in total. The van der Waals surface area contributed by atoms with Crippen LogP contribution in [-0.2, 0) is 13.6 Å². The molecule has 0 fully saturated rings. The van der Waals surface area contributed by atoms with Gasteiger partial charge in [0.05, 0.1) is 12.8 Å². The largest absolute Gasteiger partial charge is 0.329 e. The Balaban J connectivity index is 1.77. The zero-order chi connectivity index (χ0) is 21.3. The zero-order valence-electron chi connectivity index (χ0n) is 16.4. The minimum absolute atomic E-state index is 0.289. The SMILES string of the molecule is Cc1ccc(Cn2c(N/N=C/c3ccc(Br)cc3)nc3c2c(=O)[nH]c(=O)n3C)cc1. The lowest BCUT2D eigenvalue weighted by molar-refractivity contribution is 0.808. The van der Waals surface area contributed by atoms with Crippen molar-refractivity contribution in [3.63, 3.8) is 0 Å². The van der Waals surface area contributed by atoms with E-state index in [0.717, 1.165) is 21.2 Å². The zero-order valence-corrected chi connectivity index (χ0v) is 18.0. The summed E-state index contributed by atoms with van der Waals surface area (Å²) in [6.45, 7) is 2.41. The molecule has 152 valence electrons. The molecule has 9 heteroatoms. The van der Waals surface area contributed by atoms with Gasteiger partial charge in [-0.2, -0.15) is 10.1 Å². The topological polar surface area (TPSA) is 97.1 Å². The maximum atomic E-state index is 12.6. The number of aromatic nitrogens is 4. The van der Waals surface area contributed by atoms with Crippen LogP contribution < -0.4 is 16.7 Å². The smallest absolute Gasteiger partial charge is 0.298 e. The third-order valence-corrected chi connectivity index (χ3v) is 5.25. The number of fused-ring (bicyclic) bond motifs is 1. The first kappa shape index (κ1) is 19.8. The molecule has 0 aliphatic carbocycles. The van der Waals surface area contributed by atoms with Gasteiger partial charge in [0.15, 0.2) is 11.2 Å². The van der Waals surface area contributed by atoms with E-state index in [4.69, 9.17) is 0 Å². The van der Waals surface area contributed by atoms with Crippen LogP contribution in [0.5, 0.6) is 0 Å². The normalized spacial score (nSPS) is 11.4. The molecular weight excluding hydrogens is 448 g/mol. The second kappa shape index (κ2) is 8.11. The molecule has 0 spiro atoms. The summed E-state index contributed by atoms with van der Waals surface area (Å²) in [5, 5.41) is 4.26. The number of hydrogen-bond donors (Lipinski definition) is 2. The van der Waals surface area contributed by atoms with Gasteiger partial charge in [-0.25, -0.2) is 10.2 Å². The van der Waals surface area contributed by atoms with Gasteiger partial charge < -0.3 is 0 Å². The van der Waals surface area contributed by atoms with E-state index in [1.54, 1.807) is 17.8 Å². The van der Waals surface area contributed by atoms with Crippen LogP contribution in [0.4, 0.5) is 5.95 Å². The average Bonchev–Trinajstić information content (AvgIpc) is 3.08. The molecule has 0 aliphatic rings. The first-order valence-corrected chi connectivity index (χ1v) is 10.0. The standard InChI is InChI=1S/C21H19BrN6O2/c1-13-3-5-15(6-4-13)12-28-17-18(27(2)21(30)25-19(17)29)24-20(28)26-23-11-14-7-9-16(22)10-8-14/h3-11H,12H2,1-2H3,(H,24,26)(H,25,29,30)/b23-11+. The van der Waals surface area contributed by atoms with Crippen LogP contribution in [0.3, 0.4) is 0 Å². The third-order valence-electron chi connectivity index (χ3n) is 4.72. The Labute approximate surface area is 180 Å². The van der Waals surface area contributed by atoms with Gasteiger partial charge in [-0.3, -0.25) is 18.9 Å². The quantitative estimate of drug-likeness (QED) is 0.349. The summed E-state index contributed by atoms with van der Waals surface area (Å²) in [5.74, 6) is 0.366. The number of halogens is 1. The highest BCUT2D eigenvalue weighted by Gasteiger charge is 2.17. The molecule has 0 unspecified atom stereocenters. The minimum atomic E-state index is -0.516. The Morgan fingerprint density at radius 3 is 2.53 bits per heavy atom. The monoisotopic (exact) mass is 466 g/mol. The van der Waals surface area contributed by atoms with Crippen molar-refractivity contribution in [2.45, 2.75) is 13.5 Å². The van der Waals surface area contributed by atoms with Crippen molar-refractivity contribution in [3.05, 3.63) is 90.5 Å². The van der Waals surface area contributed by atoms with Crippen molar-refractivity contribution >= 4 is 39.3 Å². The number of anilines is 1. The first-order valence-electron chi connectivity index (χ1n) is 9.22. The number of nitrogens with zero attached hydrogens (tertiary/aromatic N) is 4. The summed E-state index contributed by atoms with van der Waals surface area (Å²) < 4.78 is 4.01. The molecule has 2 N–H and O–H groups in total. The van der Waals surface area contributed by atoms with Crippen LogP contribution in [0.2, 0.25) is 0 Å². The first-order chi connectivity index (χ1) is 14.4. The van der Waals surface area contributed by atoms with Gasteiger partial charge >= 0.3 is 5.69 Å². The summed E-state index contributed by atoms with van der Waals surface area (Å²) in [7, 11) is 1.57. The van der Waals surface area contributed by atoms with E-state index in [2.05, 4.69) is 36.4 Å². The van der Waals surface area contributed by atoms with E-state index >= 15 is 0 Å². The fourth-order valence-corrected chi connectivity index (χ4v) is 3.33. The molecular formula is C21H19BrN6O2. The highest BCUT2D eigenvalue weighted by Crippen LogP contribution is 2.18. The number of H-pyrrole nitrogens is 1. The van der Waals surface area contributed by atoms with Crippen LogP contribution in [0.15, 0.2) is 67.7 Å². The van der Waals surface area contributed by atoms with Gasteiger partial charge in [0.25, 0.3) is 5.56 Å². The van der Waals surface area contributed by atoms with Crippen molar-refractivity contribution < 1.29 is 0 Å². The number of benzene rings is 2. The molecule has 0 radical (unpaired) electrons. The Bertz CT molecular complexity index is 1350. The minimum Gasteiger partial charge on any atom is -0.298 e. The van der Waals surface area contributed by atoms with E-state index in [1.807, 2.05) is 55.5 Å². The second-order valence-electron chi connectivity index (χ2n) is 6.92. The molecule has 0 saturated heterocycles. The molecule has 0 saturated carbocycles. The van der Waals surface area contributed by atoms with Gasteiger partial charge in [0.1, 0.15) is 0 Å². The van der Waals surface area contributed by atoms with Gasteiger partial charge in [-0.15, -0.1) is 0 Å². The van der Waals surface area contributed by atoms with Crippen LogP contribution >= 0.6 is 15.9 Å². The Morgan fingerprint density at radius 2 is 1.83 bits per heavy atom. The van der Waals surface area contributed by atoms with Gasteiger partial charge in [-0.05, 0) is 30.2 Å². The van der Waals surface area contributed by atoms with Crippen molar-refractivity contribution in [2.75, 3.05) is 5.43 Å². The number of rotatable bonds is 5. The van der Waals surface area contributed by atoms with E-state index < -0.39 is 11.2 Å². The van der Waals surface area contributed by atoms with E-state index in [0.29, 0.717) is 18.0 Å². The van der Waals surface area contributed by atoms with Crippen LogP contribution in [0.25, 0.3) is 11.2 Å². The lowest BCUT2D eigenvalue weighted by atomic mass is 10.1. The fourth-order valence-electron chi connectivity index (χ4n) is 3.06. The van der Waals surface area contributed by atoms with Crippen LogP contribution in [-0.4, -0.2) is 25.3 Å². The molecule has 0 amide bonds. The molecule has 0 bridgehead atoms. The molecule has 30 heavy (non-hydrogen) atoms. The lowest BCUT2D eigenvalue weighted by Crippen LogP contribution is -2.29. The summed E-state index contributed by atoms with van der Waals surface area (Å²) >= 11 is 3.40.